The topological polar surface area (TPSA) is 41.5 Å². The van der Waals surface area contributed by atoms with Crippen LogP contribution in [0.15, 0.2) is 0 Å². The predicted molar refractivity (Wildman–Crippen MR) is 59.7 cm³/mol. The van der Waals surface area contributed by atoms with E-state index in [-0.39, 0.29) is 0 Å². The van der Waals surface area contributed by atoms with Gasteiger partial charge in [-0.25, -0.2) is 0 Å². The quantitative estimate of drug-likeness (QED) is 0.739. The van der Waals surface area contributed by atoms with Crippen molar-refractivity contribution in [2.24, 2.45) is 11.8 Å². The minimum atomic E-state index is 0.300. The van der Waals surface area contributed by atoms with Gasteiger partial charge in [0.2, 0.25) is 0 Å². The summed E-state index contributed by atoms with van der Waals surface area (Å²) in [5, 5.41) is 12.7. The summed E-state index contributed by atoms with van der Waals surface area (Å²) in [6.45, 7) is 1.38. The Kier molecular flexibility index (Phi) is 4.00. The minimum Gasteiger partial charge on any atom is -0.395 e. The predicted octanol–water partition coefficient (Wildman–Crippen LogP) is 1.16. The number of aliphatic hydroxyl groups excluding tert-OH is 1. The smallest absolute Gasteiger partial charge is 0.0587 e. The number of aliphatic hydroxyl groups is 1. The average Bonchev–Trinajstić information content (AvgIpc) is 2.77. The van der Waals surface area contributed by atoms with Crippen LogP contribution in [0.5, 0.6) is 0 Å². The molecule has 2 fully saturated rings. The third kappa shape index (κ3) is 2.52. The molecule has 15 heavy (non-hydrogen) atoms. The molecule has 0 aromatic carbocycles. The lowest BCUT2D eigenvalue weighted by Gasteiger charge is -2.33. The molecule has 2 atom stereocenters. The first kappa shape index (κ1) is 11.4. The molecule has 0 spiro atoms. The van der Waals surface area contributed by atoms with Crippen molar-refractivity contribution in [1.82, 2.24) is 5.32 Å². The van der Waals surface area contributed by atoms with Crippen LogP contribution in [0.2, 0.25) is 0 Å². The number of ether oxygens (including phenoxy) is 1. The van der Waals surface area contributed by atoms with Crippen LogP contribution in [0.4, 0.5) is 0 Å². The molecule has 0 bridgehead atoms. The summed E-state index contributed by atoms with van der Waals surface area (Å²) >= 11 is 0. The lowest BCUT2D eigenvalue weighted by Crippen LogP contribution is -2.36. The summed E-state index contributed by atoms with van der Waals surface area (Å²) in [7, 11) is 1.82. The van der Waals surface area contributed by atoms with Gasteiger partial charge in [-0.3, -0.25) is 0 Å². The average molecular weight is 213 g/mol. The van der Waals surface area contributed by atoms with Crippen LogP contribution in [0, 0.1) is 11.8 Å². The molecule has 3 heteroatoms. The standard InChI is InChI=1S/C12H23NO2/c1-15-10-4-2-9(3-5-10)11-6-7-13-12(11)8-14/h9-14H,2-8H2,1H3/t9-,10-,11-,12+/m0/s1. The molecule has 1 saturated carbocycles. The van der Waals surface area contributed by atoms with E-state index in [1.165, 1.54) is 32.1 Å². The lowest BCUT2D eigenvalue weighted by molar-refractivity contribution is 0.0422. The Hall–Kier alpha value is -0.120. The van der Waals surface area contributed by atoms with Gasteiger partial charge in [-0.2, -0.15) is 0 Å². The first-order chi connectivity index (χ1) is 7.35. The van der Waals surface area contributed by atoms with Gasteiger partial charge in [0.15, 0.2) is 0 Å². The van der Waals surface area contributed by atoms with Crippen molar-refractivity contribution in [2.75, 3.05) is 20.3 Å². The molecule has 3 nitrogen and oxygen atoms in total. The molecule has 0 amide bonds. The van der Waals surface area contributed by atoms with E-state index in [9.17, 15) is 5.11 Å². The molecular weight excluding hydrogens is 190 g/mol. The first-order valence-electron chi connectivity index (χ1n) is 6.22. The molecule has 1 aliphatic carbocycles. The van der Waals surface area contributed by atoms with E-state index in [1.54, 1.807) is 0 Å². The zero-order chi connectivity index (χ0) is 10.7. The molecule has 0 aromatic heterocycles. The van der Waals surface area contributed by atoms with Gasteiger partial charge in [-0.05, 0) is 50.5 Å². The second kappa shape index (κ2) is 5.28. The molecule has 2 N–H and O–H groups in total. The SMILES string of the molecule is CO[C@H]1CC[C@H]([C@@H]2CCN[C@@H]2CO)CC1. The summed E-state index contributed by atoms with van der Waals surface area (Å²) in [4.78, 5) is 0. The molecule has 2 rings (SSSR count). The summed E-state index contributed by atoms with van der Waals surface area (Å²) in [5.74, 6) is 1.51. The lowest BCUT2D eigenvalue weighted by atomic mass is 9.76. The summed E-state index contributed by atoms with van der Waals surface area (Å²) < 4.78 is 5.39. The van der Waals surface area contributed by atoms with Gasteiger partial charge in [-0.1, -0.05) is 0 Å². The van der Waals surface area contributed by atoms with Gasteiger partial charge in [-0.15, -0.1) is 0 Å². The maximum Gasteiger partial charge on any atom is 0.0587 e. The van der Waals surface area contributed by atoms with Gasteiger partial charge >= 0.3 is 0 Å². The third-order valence-electron chi connectivity index (χ3n) is 4.26. The van der Waals surface area contributed by atoms with E-state index in [2.05, 4.69) is 5.32 Å². The molecular formula is C12H23NO2. The van der Waals surface area contributed by atoms with E-state index < -0.39 is 0 Å². The highest BCUT2D eigenvalue weighted by Gasteiger charge is 2.35. The maximum atomic E-state index is 9.28. The third-order valence-corrected chi connectivity index (χ3v) is 4.26. The Balaban J connectivity index is 1.84. The number of hydrogen-bond acceptors (Lipinski definition) is 3. The normalized spacial score (nSPS) is 42.0. The minimum absolute atomic E-state index is 0.300. The van der Waals surface area contributed by atoms with Gasteiger partial charge in [0.05, 0.1) is 12.7 Å². The van der Waals surface area contributed by atoms with Crippen molar-refractivity contribution < 1.29 is 9.84 Å². The second-order valence-electron chi connectivity index (χ2n) is 4.97. The fourth-order valence-corrected chi connectivity index (χ4v) is 3.30. The fraction of sp³-hybridized carbons (Fsp3) is 1.00. The summed E-state index contributed by atoms with van der Waals surface area (Å²) in [6, 6.07) is 0.356. The largest absolute Gasteiger partial charge is 0.395 e. The van der Waals surface area contributed by atoms with E-state index in [4.69, 9.17) is 4.74 Å². The highest BCUT2D eigenvalue weighted by molar-refractivity contribution is 4.89. The van der Waals surface area contributed by atoms with Crippen LogP contribution in [-0.4, -0.2) is 37.5 Å². The van der Waals surface area contributed by atoms with E-state index in [0.29, 0.717) is 24.7 Å². The van der Waals surface area contributed by atoms with Crippen molar-refractivity contribution in [3.63, 3.8) is 0 Å². The van der Waals surface area contributed by atoms with Crippen molar-refractivity contribution in [3.8, 4) is 0 Å². The molecule has 1 heterocycles. The Bertz CT molecular complexity index is 190. The van der Waals surface area contributed by atoms with Gasteiger partial charge in [0, 0.05) is 13.2 Å². The monoisotopic (exact) mass is 213 g/mol. The Morgan fingerprint density at radius 2 is 1.93 bits per heavy atom. The van der Waals surface area contributed by atoms with Crippen molar-refractivity contribution in [1.29, 1.82) is 0 Å². The zero-order valence-corrected chi connectivity index (χ0v) is 9.61. The van der Waals surface area contributed by atoms with Gasteiger partial charge in [0.1, 0.15) is 0 Å². The summed E-state index contributed by atoms with van der Waals surface area (Å²) in [5.41, 5.74) is 0. The van der Waals surface area contributed by atoms with Crippen LogP contribution in [0.25, 0.3) is 0 Å². The van der Waals surface area contributed by atoms with Crippen LogP contribution in [-0.2, 0) is 4.74 Å². The summed E-state index contributed by atoms with van der Waals surface area (Å²) in [6.07, 6.45) is 6.70. The van der Waals surface area contributed by atoms with Crippen LogP contribution in [0.3, 0.4) is 0 Å². The van der Waals surface area contributed by atoms with Gasteiger partial charge in [0.25, 0.3) is 0 Å². The van der Waals surface area contributed by atoms with E-state index >= 15 is 0 Å². The highest BCUT2D eigenvalue weighted by atomic mass is 16.5. The number of nitrogens with one attached hydrogen (secondary N) is 1. The van der Waals surface area contributed by atoms with Crippen LogP contribution >= 0.6 is 0 Å². The van der Waals surface area contributed by atoms with Crippen LogP contribution < -0.4 is 5.32 Å². The molecule has 1 aliphatic heterocycles. The second-order valence-corrected chi connectivity index (χ2v) is 4.97. The molecule has 1 saturated heterocycles. The number of hydrogen-bond donors (Lipinski definition) is 2. The molecule has 88 valence electrons. The van der Waals surface area contributed by atoms with Gasteiger partial charge < -0.3 is 15.2 Å². The molecule has 0 radical (unpaired) electrons. The van der Waals surface area contributed by atoms with E-state index in [1.807, 2.05) is 7.11 Å². The zero-order valence-electron chi connectivity index (χ0n) is 9.61. The molecule has 2 aliphatic rings. The number of rotatable bonds is 3. The van der Waals surface area contributed by atoms with Crippen molar-refractivity contribution in [3.05, 3.63) is 0 Å². The van der Waals surface area contributed by atoms with Crippen molar-refractivity contribution >= 4 is 0 Å². The first-order valence-corrected chi connectivity index (χ1v) is 6.22. The van der Waals surface area contributed by atoms with E-state index in [0.717, 1.165) is 12.5 Å². The molecule has 0 aromatic rings. The van der Waals surface area contributed by atoms with Crippen LogP contribution in [0.1, 0.15) is 32.1 Å². The molecule has 0 unspecified atom stereocenters. The Morgan fingerprint density at radius 1 is 1.20 bits per heavy atom. The number of methoxy groups -OCH3 is 1. The fourth-order valence-electron chi connectivity index (χ4n) is 3.30. The Labute approximate surface area is 92.2 Å². The van der Waals surface area contributed by atoms with Crippen molar-refractivity contribution in [2.45, 2.75) is 44.2 Å². The highest BCUT2D eigenvalue weighted by Crippen LogP contribution is 2.36. The Morgan fingerprint density at radius 3 is 2.53 bits per heavy atom. The maximum absolute atomic E-state index is 9.28.